The molecular formula is C15H13N3OS2. The molecular weight excluding hydrogens is 302 g/mol. The summed E-state index contributed by atoms with van der Waals surface area (Å²) < 4.78 is 0. The highest BCUT2D eigenvalue weighted by atomic mass is 32.1. The molecule has 3 rings (SSSR count). The Morgan fingerprint density at radius 3 is 2.71 bits per heavy atom. The first-order chi connectivity index (χ1) is 10.2. The van der Waals surface area contributed by atoms with Crippen molar-refractivity contribution in [2.45, 2.75) is 0 Å². The van der Waals surface area contributed by atoms with Gasteiger partial charge in [-0.1, -0.05) is 18.2 Å². The van der Waals surface area contributed by atoms with Crippen molar-refractivity contribution < 1.29 is 4.79 Å². The predicted molar refractivity (Wildman–Crippen MR) is 87.7 cm³/mol. The van der Waals surface area contributed by atoms with Crippen LogP contribution in [0.15, 0.2) is 52.5 Å². The number of hydrazine groups is 1. The van der Waals surface area contributed by atoms with Crippen molar-refractivity contribution in [3.63, 3.8) is 0 Å². The quantitative estimate of drug-likeness (QED) is 0.747. The monoisotopic (exact) mass is 315 g/mol. The molecule has 0 aliphatic heterocycles. The molecule has 1 aromatic carbocycles. The number of hydrogen-bond acceptors (Lipinski definition) is 5. The highest BCUT2D eigenvalue weighted by Gasteiger charge is 2.13. The van der Waals surface area contributed by atoms with Crippen LogP contribution < -0.4 is 10.4 Å². The zero-order valence-electron chi connectivity index (χ0n) is 11.3. The topological polar surface area (TPSA) is 45.2 Å². The van der Waals surface area contributed by atoms with Gasteiger partial charge in [0.05, 0.1) is 5.69 Å². The van der Waals surface area contributed by atoms with Gasteiger partial charge in [-0.3, -0.25) is 15.2 Å². The largest absolute Gasteiger partial charge is 0.289 e. The number of anilines is 1. The van der Waals surface area contributed by atoms with Gasteiger partial charge < -0.3 is 0 Å². The Morgan fingerprint density at radius 2 is 2.00 bits per heavy atom. The second-order valence-electron chi connectivity index (χ2n) is 4.39. The number of hydrogen-bond donors (Lipinski definition) is 1. The smallest absolute Gasteiger partial charge is 0.288 e. The fourth-order valence-corrected chi connectivity index (χ4v) is 3.33. The number of aromatic nitrogens is 1. The third-order valence-corrected chi connectivity index (χ3v) is 4.49. The maximum absolute atomic E-state index is 12.2. The minimum Gasteiger partial charge on any atom is -0.288 e. The molecule has 0 fully saturated rings. The minimum absolute atomic E-state index is 0.209. The highest BCUT2D eigenvalue weighted by Crippen LogP contribution is 2.25. The first kappa shape index (κ1) is 13.8. The standard InChI is InChI=1S/C15H13N3OS2/c1-18(12-5-3-2-4-6-12)17-14(19)13-10-21-15(16-13)11-7-8-20-9-11/h2-10H,1H3,(H,17,19). The van der Waals surface area contributed by atoms with Crippen LogP contribution in [0.5, 0.6) is 0 Å². The van der Waals surface area contributed by atoms with E-state index >= 15 is 0 Å². The second-order valence-corrected chi connectivity index (χ2v) is 6.02. The number of thiazole rings is 1. The van der Waals surface area contributed by atoms with E-state index < -0.39 is 0 Å². The number of amides is 1. The van der Waals surface area contributed by atoms with E-state index in [2.05, 4.69) is 10.4 Å². The molecule has 3 aromatic rings. The number of nitrogens with one attached hydrogen (secondary N) is 1. The van der Waals surface area contributed by atoms with Crippen LogP contribution in [0.1, 0.15) is 10.5 Å². The normalized spacial score (nSPS) is 10.3. The minimum atomic E-state index is -0.209. The molecule has 0 saturated heterocycles. The Morgan fingerprint density at radius 1 is 1.19 bits per heavy atom. The molecule has 106 valence electrons. The van der Waals surface area contributed by atoms with E-state index in [1.165, 1.54) is 11.3 Å². The summed E-state index contributed by atoms with van der Waals surface area (Å²) in [5, 5.41) is 8.35. The van der Waals surface area contributed by atoms with E-state index in [9.17, 15) is 4.79 Å². The lowest BCUT2D eigenvalue weighted by Gasteiger charge is -2.19. The Hall–Kier alpha value is -2.18. The maximum atomic E-state index is 12.2. The maximum Gasteiger partial charge on any atom is 0.289 e. The van der Waals surface area contributed by atoms with Gasteiger partial charge in [0.15, 0.2) is 0 Å². The lowest BCUT2D eigenvalue weighted by molar-refractivity contribution is 0.0947. The summed E-state index contributed by atoms with van der Waals surface area (Å²) in [6, 6.07) is 11.6. The van der Waals surface area contributed by atoms with Crippen LogP contribution >= 0.6 is 22.7 Å². The van der Waals surface area contributed by atoms with Crippen molar-refractivity contribution in [3.05, 3.63) is 58.2 Å². The van der Waals surface area contributed by atoms with Crippen LogP contribution in [0.25, 0.3) is 10.6 Å². The molecule has 4 nitrogen and oxygen atoms in total. The number of rotatable bonds is 4. The molecule has 0 aliphatic carbocycles. The van der Waals surface area contributed by atoms with Crippen molar-refractivity contribution in [2.75, 3.05) is 12.1 Å². The third kappa shape index (κ3) is 3.12. The first-order valence-electron chi connectivity index (χ1n) is 6.32. The van der Waals surface area contributed by atoms with Crippen LogP contribution in [0, 0.1) is 0 Å². The fourth-order valence-electron chi connectivity index (χ4n) is 1.82. The summed E-state index contributed by atoms with van der Waals surface area (Å²) in [5.41, 5.74) is 5.22. The molecule has 2 heterocycles. The van der Waals surface area contributed by atoms with Gasteiger partial charge in [-0.15, -0.1) is 11.3 Å². The predicted octanol–water partition coefficient (Wildman–Crippen LogP) is 3.65. The molecule has 0 spiro atoms. The highest BCUT2D eigenvalue weighted by molar-refractivity contribution is 7.14. The van der Waals surface area contributed by atoms with Crippen molar-refractivity contribution >= 4 is 34.3 Å². The van der Waals surface area contributed by atoms with Crippen molar-refractivity contribution in [2.24, 2.45) is 0 Å². The summed E-state index contributed by atoms with van der Waals surface area (Å²) in [4.78, 5) is 16.6. The molecule has 21 heavy (non-hydrogen) atoms. The summed E-state index contributed by atoms with van der Waals surface area (Å²) in [7, 11) is 1.80. The molecule has 0 aliphatic rings. The van der Waals surface area contributed by atoms with Gasteiger partial charge in [0.2, 0.25) is 0 Å². The molecule has 1 amide bonds. The third-order valence-electron chi connectivity index (χ3n) is 2.92. The Labute approximate surface area is 130 Å². The molecule has 0 unspecified atom stereocenters. The van der Waals surface area contributed by atoms with E-state index in [0.29, 0.717) is 5.69 Å². The molecule has 0 saturated carbocycles. The lowest BCUT2D eigenvalue weighted by atomic mass is 10.3. The Balaban J connectivity index is 1.71. The van der Waals surface area contributed by atoms with Gasteiger partial charge in [0.1, 0.15) is 10.7 Å². The number of para-hydroxylation sites is 1. The van der Waals surface area contributed by atoms with Gasteiger partial charge in [-0.25, -0.2) is 4.98 Å². The van der Waals surface area contributed by atoms with Gasteiger partial charge in [0, 0.05) is 23.4 Å². The van der Waals surface area contributed by atoms with Gasteiger partial charge >= 0.3 is 0 Å². The molecule has 0 radical (unpaired) electrons. The zero-order chi connectivity index (χ0) is 14.7. The zero-order valence-corrected chi connectivity index (χ0v) is 12.9. The summed E-state index contributed by atoms with van der Waals surface area (Å²) in [6.07, 6.45) is 0. The van der Waals surface area contributed by atoms with E-state index in [-0.39, 0.29) is 5.91 Å². The van der Waals surface area contributed by atoms with Crippen LogP contribution in [-0.4, -0.2) is 17.9 Å². The van der Waals surface area contributed by atoms with Gasteiger partial charge in [-0.2, -0.15) is 11.3 Å². The van der Waals surface area contributed by atoms with E-state index in [1.807, 2.05) is 47.2 Å². The van der Waals surface area contributed by atoms with Crippen LogP contribution in [0.2, 0.25) is 0 Å². The number of nitrogens with zero attached hydrogens (tertiary/aromatic N) is 2. The summed E-state index contributed by atoms with van der Waals surface area (Å²) in [6.45, 7) is 0. The number of carbonyl (C=O) groups excluding carboxylic acids is 1. The van der Waals surface area contributed by atoms with Gasteiger partial charge in [0.25, 0.3) is 5.91 Å². The molecule has 2 aromatic heterocycles. The SMILES string of the molecule is CN(NC(=O)c1csc(-c2ccsc2)n1)c1ccccc1. The number of thiophene rings is 1. The second kappa shape index (κ2) is 6.07. The molecule has 1 N–H and O–H groups in total. The van der Waals surface area contributed by atoms with Crippen molar-refractivity contribution in [1.82, 2.24) is 10.4 Å². The van der Waals surface area contributed by atoms with Crippen molar-refractivity contribution in [1.29, 1.82) is 0 Å². The molecule has 0 atom stereocenters. The Bertz CT molecular complexity index is 722. The average molecular weight is 315 g/mol. The Kier molecular flexibility index (Phi) is 3.98. The van der Waals surface area contributed by atoms with Crippen molar-refractivity contribution in [3.8, 4) is 10.6 Å². The molecule has 0 bridgehead atoms. The van der Waals surface area contributed by atoms with E-state index in [0.717, 1.165) is 16.3 Å². The van der Waals surface area contributed by atoms with E-state index in [1.54, 1.807) is 28.8 Å². The van der Waals surface area contributed by atoms with E-state index in [4.69, 9.17) is 0 Å². The fraction of sp³-hybridized carbons (Fsp3) is 0.0667. The van der Waals surface area contributed by atoms with Crippen LogP contribution in [0.4, 0.5) is 5.69 Å². The van der Waals surface area contributed by atoms with Crippen LogP contribution in [0.3, 0.4) is 0 Å². The van der Waals surface area contributed by atoms with Gasteiger partial charge in [-0.05, 0) is 23.6 Å². The summed E-state index contributed by atoms with van der Waals surface area (Å²) >= 11 is 3.09. The number of benzene rings is 1. The molecule has 6 heteroatoms. The summed E-state index contributed by atoms with van der Waals surface area (Å²) in [5.74, 6) is -0.209. The lowest BCUT2D eigenvalue weighted by Crippen LogP contribution is -2.39. The first-order valence-corrected chi connectivity index (χ1v) is 8.14. The number of carbonyl (C=O) groups is 1. The average Bonchev–Trinajstić information content (AvgIpc) is 3.19. The van der Waals surface area contributed by atoms with Crippen LogP contribution in [-0.2, 0) is 0 Å².